The molecule has 0 spiro atoms. The zero-order chi connectivity index (χ0) is 16.1. The third-order valence-electron chi connectivity index (χ3n) is 5.07. The highest BCUT2D eigenvalue weighted by atomic mass is 32.2. The Morgan fingerprint density at radius 1 is 1.23 bits per heavy atom. The zero-order valence-corrected chi connectivity index (χ0v) is 13.8. The summed E-state index contributed by atoms with van der Waals surface area (Å²) in [6.45, 7) is 8.60. The van der Waals surface area contributed by atoms with Crippen molar-refractivity contribution >= 4 is 15.8 Å². The van der Waals surface area contributed by atoms with Crippen molar-refractivity contribution in [1.29, 1.82) is 0 Å². The van der Waals surface area contributed by atoms with E-state index in [1.54, 1.807) is 24.3 Å². The maximum Gasteiger partial charge on any atom is 0.243 e. The molecular formula is C17H21NO3S. The summed E-state index contributed by atoms with van der Waals surface area (Å²) in [7, 11) is -3.53. The molecule has 0 amide bonds. The topological polar surface area (TPSA) is 54.5 Å². The van der Waals surface area contributed by atoms with Crippen molar-refractivity contribution in [2.24, 2.45) is 17.8 Å². The van der Waals surface area contributed by atoms with Gasteiger partial charge in [0.1, 0.15) is 5.78 Å². The summed E-state index contributed by atoms with van der Waals surface area (Å²) < 4.78 is 27.1. The van der Waals surface area contributed by atoms with Crippen LogP contribution in [-0.4, -0.2) is 31.6 Å². The van der Waals surface area contributed by atoms with Crippen LogP contribution < -0.4 is 0 Å². The highest BCUT2D eigenvalue weighted by Crippen LogP contribution is 2.43. The molecule has 2 aliphatic rings. The lowest BCUT2D eigenvalue weighted by Crippen LogP contribution is -2.44. The summed E-state index contributed by atoms with van der Waals surface area (Å²) in [6, 6.07) is 6.89. The molecule has 4 nitrogen and oxygen atoms in total. The molecule has 1 saturated carbocycles. The quantitative estimate of drug-likeness (QED) is 0.787. The number of ketones is 1. The summed E-state index contributed by atoms with van der Waals surface area (Å²) in [4.78, 5) is 12.2. The van der Waals surface area contributed by atoms with E-state index in [1.165, 1.54) is 4.31 Å². The SMILES string of the molecule is C=C1CN(S(=O)(=O)c2ccc(C)cc2)C[C@H]2[C@H](C)C(=O)C[C@H]12. The molecule has 3 atom stereocenters. The van der Waals surface area contributed by atoms with Gasteiger partial charge in [0.15, 0.2) is 0 Å². The van der Waals surface area contributed by atoms with Crippen LogP contribution >= 0.6 is 0 Å². The van der Waals surface area contributed by atoms with E-state index in [0.717, 1.165) is 11.1 Å². The lowest BCUT2D eigenvalue weighted by Gasteiger charge is -2.36. The number of Topliss-reactive ketones (excluding diaryl/α,β-unsaturated/α-hetero) is 1. The predicted molar refractivity (Wildman–Crippen MR) is 84.8 cm³/mol. The van der Waals surface area contributed by atoms with Crippen LogP contribution in [0.5, 0.6) is 0 Å². The molecule has 0 radical (unpaired) electrons. The van der Waals surface area contributed by atoms with Crippen molar-refractivity contribution in [1.82, 2.24) is 4.31 Å². The fourth-order valence-corrected chi connectivity index (χ4v) is 5.04. The molecule has 1 aliphatic carbocycles. The van der Waals surface area contributed by atoms with Crippen LogP contribution in [0.25, 0.3) is 0 Å². The fraction of sp³-hybridized carbons (Fsp3) is 0.471. The van der Waals surface area contributed by atoms with E-state index in [1.807, 2.05) is 13.8 Å². The molecule has 1 aromatic rings. The molecule has 2 fully saturated rings. The molecule has 1 aromatic carbocycles. The van der Waals surface area contributed by atoms with Gasteiger partial charge in [-0.05, 0) is 30.9 Å². The number of sulfonamides is 1. The lowest BCUT2D eigenvalue weighted by atomic mass is 9.83. The van der Waals surface area contributed by atoms with Gasteiger partial charge in [-0.15, -0.1) is 0 Å². The van der Waals surface area contributed by atoms with Crippen molar-refractivity contribution in [2.75, 3.05) is 13.1 Å². The molecular weight excluding hydrogens is 298 g/mol. The van der Waals surface area contributed by atoms with Gasteiger partial charge < -0.3 is 0 Å². The molecule has 5 heteroatoms. The molecule has 0 unspecified atom stereocenters. The van der Waals surface area contributed by atoms with Gasteiger partial charge in [0, 0.05) is 25.4 Å². The average Bonchev–Trinajstić information content (AvgIpc) is 2.76. The Hall–Kier alpha value is -1.46. The molecule has 1 aliphatic heterocycles. The van der Waals surface area contributed by atoms with E-state index in [9.17, 15) is 13.2 Å². The van der Waals surface area contributed by atoms with E-state index in [2.05, 4.69) is 6.58 Å². The summed E-state index contributed by atoms with van der Waals surface area (Å²) >= 11 is 0. The van der Waals surface area contributed by atoms with E-state index < -0.39 is 10.0 Å². The maximum atomic E-state index is 12.8. The van der Waals surface area contributed by atoms with Crippen molar-refractivity contribution < 1.29 is 13.2 Å². The number of carbonyl (C=O) groups is 1. The highest BCUT2D eigenvalue weighted by Gasteiger charge is 2.46. The van der Waals surface area contributed by atoms with Crippen LogP contribution in [0.3, 0.4) is 0 Å². The number of nitrogens with zero attached hydrogens (tertiary/aromatic N) is 1. The third-order valence-corrected chi connectivity index (χ3v) is 6.89. The Balaban J connectivity index is 1.91. The number of rotatable bonds is 2. The lowest BCUT2D eigenvalue weighted by molar-refractivity contribution is -0.120. The molecule has 118 valence electrons. The molecule has 1 heterocycles. The Kier molecular flexibility index (Phi) is 3.73. The Morgan fingerprint density at radius 3 is 2.50 bits per heavy atom. The molecule has 0 N–H and O–H groups in total. The van der Waals surface area contributed by atoms with Gasteiger partial charge in [-0.1, -0.05) is 36.8 Å². The molecule has 22 heavy (non-hydrogen) atoms. The summed E-state index contributed by atoms with van der Waals surface area (Å²) in [5.74, 6) is 0.351. The van der Waals surface area contributed by atoms with Crippen LogP contribution in [0.1, 0.15) is 18.9 Å². The van der Waals surface area contributed by atoms with Crippen LogP contribution in [0.2, 0.25) is 0 Å². The van der Waals surface area contributed by atoms with E-state index in [0.29, 0.717) is 24.4 Å². The predicted octanol–water partition coefficient (Wildman–Crippen LogP) is 2.40. The number of carbonyl (C=O) groups excluding carboxylic acids is 1. The number of hydrogen-bond donors (Lipinski definition) is 0. The number of aryl methyl sites for hydroxylation is 1. The van der Waals surface area contributed by atoms with E-state index >= 15 is 0 Å². The summed E-state index contributed by atoms with van der Waals surface area (Å²) in [6.07, 6.45) is 0.517. The van der Waals surface area contributed by atoms with Crippen LogP contribution in [0, 0.1) is 24.7 Å². The summed E-state index contributed by atoms with van der Waals surface area (Å²) in [5.41, 5.74) is 1.89. The van der Waals surface area contributed by atoms with Gasteiger partial charge in [0.25, 0.3) is 0 Å². The van der Waals surface area contributed by atoms with Gasteiger partial charge in [-0.3, -0.25) is 4.79 Å². The van der Waals surface area contributed by atoms with E-state index in [4.69, 9.17) is 0 Å². The first-order valence-electron chi connectivity index (χ1n) is 7.58. The first-order valence-corrected chi connectivity index (χ1v) is 9.02. The van der Waals surface area contributed by atoms with Crippen molar-refractivity contribution in [3.8, 4) is 0 Å². The number of piperidine rings is 1. The third kappa shape index (κ3) is 2.42. The number of hydrogen-bond acceptors (Lipinski definition) is 3. The fourth-order valence-electron chi connectivity index (χ4n) is 3.56. The second-order valence-corrected chi connectivity index (χ2v) is 8.44. The molecule has 1 saturated heterocycles. The molecule has 3 rings (SSSR count). The van der Waals surface area contributed by atoms with Crippen LogP contribution in [0.4, 0.5) is 0 Å². The highest BCUT2D eigenvalue weighted by molar-refractivity contribution is 7.89. The van der Waals surface area contributed by atoms with Crippen LogP contribution in [-0.2, 0) is 14.8 Å². The smallest absolute Gasteiger partial charge is 0.243 e. The second kappa shape index (κ2) is 5.32. The monoisotopic (exact) mass is 319 g/mol. The van der Waals surface area contributed by atoms with Crippen molar-refractivity contribution in [3.05, 3.63) is 42.0 Å². The van der Waals surface area contributed by atoms with Crippen molar-refractivity contribution in [2.45, 2.75) is 25.2 Å². The van der Waals surface area contributed by atoms with Gasteiger partial charge in [0.05, 0.1) is 4.90 Å². The molecule has 0 aromatic heterocycles. The largest absolute Gasteiger partial charge is 0.299 e. The van der Waals surface area contributed by atoms with Gasteiger partial charge in [-0.2, -0.15) is 4.31 Å². The Morgan fingerprint density at radius 2 is 1.86 bits per heavy atom. The minimum Gasteiger partial charge on any atom is -0.299 e. The minimum absolute atomic E-state index is 0.0639. The van der Waals surface area contributed by atoms with Gasteiger partial charge in [0.2, 0.25) is 10.0 Å². The summed E-state index contributed by atoms with van der Waals surface area (Å²) in [5, 5.41) is 0. The normalized spacial score (nSPS) is 29.6. The van der Waals surface area contributed by atoms with E-state index in [-0.39, 0.29) is 23.5 Å². The first-order chi connectivity index (χ1) is 10.3. The average molecular weight is 319 g/mol. The van der Waals surface area contributed by atoms with Gasteiger partial charge in [-0.25, -0.2) is 8.42 Å². The maximum absolute atomic E-state index is 12.8. The number of fused-ring (bicyclic) bond motifs is 1. The minimum atomic E-state index is -3.53. The van der Waals surface area contributed by atoms with Crippen LogP contribution in [0.15, 0.2) is 41.3 Å². The molecule has 0 bridgehead atoms. The Bertz CT molecular complexity index is 721. The first kappa shape index (κ1) is 15.4. The van der Waals surface area contributed by atoms with Crippen molar-refractivity contribution in [3.63, 3.8) is 0 Å². The number of benzene rings is 1. The second-order valence-electron chi connectivity index (χ2n) is 6.50. The standard InChI is InChI=1S/C17H21NO3S/c1-11-4-6-14(7-5-11)22(20,21)18-9-12(2)15-8-17(19)13(3)16(15)10-18/h4-7,13,15-16H,2,8-10H2,1,3H3/t13-,15+,16-/m0/s1. The zero-order valence-electron chi connectivity index (χ0n) is 13.0. The van der Waals surface area contributed by atoms with Gasteiger partial charge >= 0.3 is 0 Å². The Labute approximate surface area is 131 Å².